The molecule has 0 bridgehead atoms. The van der Waals surface area contributed by atoms with Gasteiger partial charge >= 0.3 is 0 Å². The largest absolute Gasteiger partial charge is 0.400 e. The van der Waals surface area contributed by atoms with Crippen molar-refractivity contribution in [3.63, 3.8) is 0 Å². The van der Waals surface area contributed by atoms with Crippen LogP contribution < -0.4 is 0 Å². The minimum atomic E-state index is -0.351. The molecule has 1 aliphatic heterocycles. The molecule has 1 heterocycles. The Morgan fingerprint density at radius 2 is 2.12 bits per heavy atom. The maximum Gasteiger partial charge on any atom is 0.232 e. The van der Waals surface area contributed by atoms with E-state index in [0.717, 1.165) is 26.5 Å². The zero-order valence-corrected chi connectivity index (χ0v) is 11.8. The molecule has 0 radical (unpaired) electrons. The van der Waals surface area contributed by atoms with E-state index in [-0.39, 0.29) is 17.1 Å². The molecule has 1 rings (SSSR count). The molecule has 0 aromatic rings. The number of hydrogen-bond donors (Lipinski definition) is 1. The first kappa shape index (κ1) is 15.8. The predicted molar refractivity (Wildman–Crippen MR) is 68.5 cm³/mol. The van der Waals surface area contributed by atoms with Crippen LogP contribution >= 0.6 is 9.24 Å². The van der Waals surface area contributed by atoms with Crippen LogP contribution in [0.2, 0.25) is 0 Å². The van der Waals surface area contributed by atoms with E-state index in [1.165, 1.54) is 0 Å². The number of hydrogen-bond acceptors (Lipinski definition) is 3. The van der Waals surface area contributed by atoms with Crippen LogP contribution in [-0.4, -0.2) is 54.5 Å². The Balaban J connectivity index is 0.00000106. The lowest BCUT2D eigenvalue weighted by Crippen LogP contribution is -2.45. The van der Waals surface area contributed by atoms with Gasteiger partial charge in [0.1, 0.15) is 0 Å². The standard InChI is InChI=1S/C10H20NO2P.CH4O/c1-10(2,14)9(12)11-6-4-5-8(11)7-13-3;1-2/h8H,4-7,14H2,1-3H3;2H,1H3. The van der Waals surface area contributed by atoms with Crippen LogP contribution in [0.3, 0.4) is 0 Å². The monoisotopic (exact) mass is 249 g/mol. The molecular weight excluding hydrogens is 225 g/mol. The molecule has 16 heavy (non-hydrogen) atoms. The summed E-state index contributed by atoms with van der Waals surface area (Å²) in [7, 11) is 5.29. The van der Waals surface area contributed by atoms with Crippen molar-refractivity contribution in [3.05, 3.63) is 0 Å². The SMILES string of the molecule is CO.COCC1CCCN1C(=O)C(C)(C)P. The third-order valence-electron chi connectivity index (χ3n) is 2.55. The van der Waals surface area contributed by atoms with Crippen LogP contribution in [0.15, 0.2) is 0 Å². The zero-order valence-electron chi connectivity index (χ0n) is 10.7. The summed E-state index contributed by atoms with van der Waals surface area (Å²) in [5.41, 5.74) is 0. The van der Waals surface area contributed by atoms with E-state index in [1.807, 2.05) is 18.7 Å². The topological polar surface area (TPSA) is 49.8 Å². The van der Waals surface area contributed by atoms with Gasteiger partial charge in [0.25, 0.3) is 0 Å². The van der Waals surface area contributed by atoms with Gasteiger partial charge in [-0.15, -0.1) is 9.24 Å². The summed E-state index contributed by atoms with van der Waals surface area (Å²) in [5, 5.41) is 6.65. The predicted octanol–water partition coefficient (Wildman–Crippen LogP) is 0.886. The first-order valence-corrected chi connectivity index (χ1v) is 6.08. The molecule has 0 aliphatic carbocycles. The number of aliphatic hydroxyl groups is 1. The van der Waals surface area contributed by atoms with E-state index in [9.17, 15) is 4.79 Å². The van der Waals surface area contributed by atoms with Crippen molar-refractivity contribution in [1.29, 1.82) is 0 Å². The Morgan fingerprint density at radius 1 is 1.56 bits per heavy atom. The van der Waals surface area contributed by atoms with Crippen LogP contribution in [0.1, 0.15) is 26.7 Å². The quantitative estimate of drug-likeness (QED) is 0.756. The summed E-state index contributed by atoms with van der Waals surface area (Å²) in [4.78, 5) is 14.0. The van der Waals surface area contributed by atoms with Gasteiger partial charge in [-0.05, 0) is 26.7 Å². The highest BCUT2D eigenvalue weighted by atomic mass is 31.0. The Labute approximate surface area is 101 Å². The van der Waals surface area contributed by atoms with Crippen LogP contribution in [-0.2, 0) is 9.53 Å². The highest BCUT2D eigenvalue weighted by Crippen LogP contribution is 2.26. The van der Waals surface area contributed by atoms with E-state index >= 15 is 0 Å². The Kier molecular flexibility index (Phi) is 7.12. The van der Waals surface area contributed by atoms with Crippen LogP contribution in [0.4, 0.5) is 0 Å². The fraction of sp³-hybridized carbons (Fsp3) is 0.909. The summed E-state index contributed by atoms with van der Waals surface area (Å²) in [6, 6.07) is 0.285. The van der Waals surface area contributed by atoms with Crippen LogP contribution in [0, 0.1) is 0 Å². The molecule has 96 valence electrons. The van der Waals surface area contributed by atoms with Crippen molar-refractivity contribution in [3.8, 4) is 0 Å². The normalized spacial score (nSPS) is 20.4. The lowest BCUT2D eigenvalue weighted by molar-refractivity contribution is -0.134. The number of rotatable bonds is 3. The summed E-state index contributed by atoms with van der Waals surface area (Å²) in [6.07, 6.45) is 2.17. The molecule has 1 amide bonds. The molecule has 5 heteroatoms. The van der Waals surface area contributed by atoms with E-state index in [2.05, 4.69) is 9.24 Å². The Hall–Kier alpha value is -0.180. The van der Waals surface area contributed by atoms with E-state index in [1.54, 1.807) is 7.11 Å². The zero-order chi connectivity index (χ0) is 12.8. The molecule has 1 saturated heterocycles. The van der Waals surface area contributed by atoms with Crippen molar-refractivity contribution in [2.75, 3.05) is 27.4 Å². The summed E-state index contributed by atoms with van der Waals surface area (Å²) >= 11 is 0. The number of amides is 1. The number of aliphatic hydroxyl groups excluding tert-OH is 1. The van der Waals surface area contributed by atoms with Gasteiger partial charge in [-0.25, -0.2) is 0 Å². The second-order valence-electron chi connectivity index (χ2n) is 4.47. The average Bonchev–Trinajstić information content (AvgIpc) is 2.67. The minimum absolute atomic E-state index is 0.210. The van der Waals surface area contributed by atoms with Gasteiger partial charge in [0.05, 0.1) is 17.8 Å². The molecular formula is C11H24NO3P. The highest BCUT2D eigenvalue weighted by molar-refractivity contribution is 7.20. The van der Waals surface area contributed by atoms with Gasteiger partial charge in [0, 0.05) is 20.8 Å². The average molecular weight is 249 g/mol. The van der Waals surface area contributed by atoms with Crippen LogP contribution in [0.5, 0.6) is 0 Å². The van der Waals surface area contributed by atoms with E-state index < -0.39 is 0 Å². The molecule has 0 saturated carbocycles. The fourth-order valence-electron chi connectivity index (χ4n) is 1.84. The number of ether oxygens (including phenoxy) is 1. The van der Waals surface area contributed by atoms with Gasteiger partial charge in [-0.1, -0.05) is 0 Å². The first-order valence-electron chi connectivity index (χ1n) is 5.50. The summed E-state index contributed by atoms with van der Waals surface area (Å²) in [6.45, 7) is 5.40. The van der Waals surface area contributed by atoms with Gasteiger partial charge in [-0.2, -0.15) is 0 Å². The molecule has 1 N–H and O–H groups in total. The molecule has 1 aliphatic rings. The van der Waals surface area contributed by atoms with Gasteiger partial charge in [-0.3, -0.25) is 4.79 Å². The third kappa shape index (κ3) is 4.36. The lowest BCUT2D eigenvalue weighted by Gasteiger charge is -2.30. The van der Waals surface area contributed by atoms with Crippen molar-refractivity contribution in [1.82, 2.24) is 4.90 Å². The maximum atomic E-state index is 12.0. The van der Waals surface area contributed by atoms with Crippen molar-refractivity contribution in [2.45, 2.75) is 37.9 Å². The molecule has 1 fully saturated rings. The van der Waals surface area contributed by atoms with Gasteiger partial charge in [0.2, 0.25) is 5.91 Å². The number of methoxy groups -OCH3 is 1. The number of carbonyl (C=O) groups excluding carboxylic acids is 1. The first-order chi connectivity index (χ1) is 7.46. The molecule has 0 aromatic heterocycles. The molecule has 2 atom stereocenters. The molecule has 0 aromatic carbocycles. The van der Waals surface area contributed by atoms with Crippen molar-refractivity contribution < 1.29 is 14.6 Å². The van der Waals surface area contributed by atoms with E-state index in [0.29, 0.717) is 6.61 Å². The van der Waals surface area contributed by atoms with Crippen LogP contribution in [0.25, 0.3) is 0 Å². The van der Waals surface area contributed by atoms with Gasteiger partial charge < -0.3 is 14.7 Å². The second kappa shape index (κ2) is 7.21. The lowest BCUT2D eigenvalue weighted by atomic mass is 10.1. The summed E-state index contributed by atoms with van der Waals surface area (Å²) < 4.78 is 5.12. The number of likely N-dealkylation sites (tertiary alicyclic amines) is 1. The maximum absolute atomic E-state index is 12.0. The third-order valence-corrected chi connectivity index (χ3v) is 2.80. The molecule has 4 nitrogen and oxygen atoms in total. The molecule has 2 unspecified atom stereocenters. The Bertz CT molecular complexity index is 216. The van der Waals surface area contributed by atoms with E-state index in [4.69, 9.17) is 9.84 Å². The Morgan fingerprint density at radius 3 is 2.56 bits per heavy atom. The minimum Gasteiger partial charge on any atom is -0.400 e. The summed E-state index contributed by atoms with van der Waals surface area (Å²) in [5.74, 6) is 0.210. The smallest absolute Gasteiger partial charge is 0.232 e. The molecule has 0 spiro atoms. The van der Waals surface area contributed by atoms with Gasteiger partial charge in [0.15, 0.2) is 0 Å². The fourth-order valence-corrected chi connectivity index (χ4v) is 2.00. The number of nitrogens with zero attached hydrogens (tertiary/aromatic N) is 1. The van der Waals surface area contributed by atoms with Crippen molar-refractivity contribution in [2.24, 2.45) is 0 Å². The number of carbonyl (C=O) groups is 1. The highest BCUT2D eigenvalue weighted by Gasteiger charge is 2.34. The van der Waals surface area contributed by atoms with Crippen molar-refractivity contribution >= 4 is 15.1 Å². The second-order valence-corrected chi connectivity index (χ2v) is 5.92.